The highest BCUT2D eigenvalue weighted by Crippen LogP contribution is 2.33. The summed E-state index contributed by atoms with van der Waals surface area (Å²) < 4.78 is 59.7. The van der Waals surface area contributed by atoms with Gasteiger partial charge in [-0.05, 0) is 23.3 Å². The highest BCUT2D eigenvalue weighted by atomic mass is 19.4. The Balaban J connectivity index is 1.94. The molecule has 0 aliphatic carbocycles. The van der Waals surface area contributed by atoms with E-state index in [1.807, 2.05) is 0 Å². The lowest BCUT2D eigenvalue weighted by Crippen LogP contribution is -2.32. The third-order valence-electron chi connectivity index (χ3n) is 3.74. The Bertz CT molecular complexity index is 930. The van der Waals surface area contributed by atoms with Crippen LogP contribution in [0.25, 0.3) is 6.08 Å². The fraction of sp³-hybridized carbons (Fsp3) is 0.158. The van der Waals surface area contributed by atoms with E-state index in [0.717, 1.165) is 18.2 Å². The minimum atomic E-state index is -4.61. The molecule has 1 unspecified atom stereocenters. The van der Waals surface area contributed by atoms with Gasteiger partial charge in [-0.15, -0.1) is 0 Å². The van der Waals surface area contributed by atoms with Crippen LogP contribution in [-0.2, 0) is 15.7 Å². The van der Waals surface area contributed by atoms with Crippen LogP contribution in [0.15, 0.2) is 60.7 Å². The number of ether oxygens (including phenoxy) is 1. The zero-order valence-corrected chi connectivity index (χ0v) is 13.2. The fourth-order valence-electron chi connectivity index (χ4n) is 2.53. The van der Waals surface area contributed by atoms with Crippen LogP contribution in [0.4, 0.5) is 18.0 Å². The molecule has 0 spiro atoms. The number of nitrogens with zero attached hydrogens (tertiary/aromatic N) is 1. The highest BCUT2D eigenvalue weighted by Gasteiger charge is 2.38. The zero-order valence-electron chi connectivity index (χ0n) is 15.2. The number of amides is 2. The molecule has 1 aliphatic heterocycles. The van der Waals surface area contributed by atoms with Crippen molar-refractivity contribution in [1.29, 1.82) is 0 Å². The molecule has 1 heterocycles. The van der Waals surface area contributed by atoms with Crippen LogP contribution in [0.5, 0.6) is 0 Å². The normalized spacial score (nSPS) is 20.7. The van der Waals surface area contributed by atoms with Gasteiger partial charge in [0, 0.05) is 6.08 Å². The Morgan fingerprint density at radius 2 is 1.81 bits per heavy atom. The second-order valence-electron chi connectivity index (χ2n) is 5.43. The van der Waals surface area contributed by atoms with Crippen molar-refractivity contribution in [2.24, 2.45) is 0 Å². The first-order chi connectivity index (χ1) is 13.1. The maximum Gasteiger partial charge on any atom is 0.417 e. The molecule has 2 aromatic carbocycles. The van der Waals surface area contributed by atoms with Crippen molar-refractivity contribution in [1.82, 2.24) is 4.90 Å². The van der Waals surface area contributed by atoms with Crippen molar-refractivity contribution < 1.29 is 30.2 Å². The highest BCUT2D eigenvalue weighted by molar-refractivity contribution is 6.02. The standard InChI is InChI=1S/C19H14F3NO3/c20-19(21,22)15-9-5-4-6-13(15)10-11-17(24)23-16(12-26-18(23)25)14-7-2-1-3-8-14/h1-11,16H,12H2/b11-10+/i12D2. The number of carbonyl (C=O) groups excluding carboxylic acids is 2. The van der Waals surface area contributed by atoms with Crippen LogP contribution in [0.2, 0.25) is 0 Å². The van der Waals surface area contributed by atoms with Crippen molar-refractivity contribution in [3.63, 3.8) is 0 Å². The van der Waals surface area contributed by atoms with Crippen LogP contribution in [-0.4, -0.2) is 23.5 Å². The molecule has 1 saturated heterocycles. The zero-order chi connectivity index (χ0) is 20.5. The van der Waals surface area contributed by atoms with Crippen molar-refractivity contribution >= 4 is 18.1 Å². The largest absolute Gasteiger partial charge is 0.446 e. The van der Waals surface area contributed by atoms with Crippen LogP contribution < -0.4 is 0 Å². The second kappa shape index (κ2) is 7.03. The molecular formula is C19H14F3NO3. The molecule has 2 amide bonds. The number of alkyl halides is 3. The Morgan fingerprint density at radius 1 is 1.15 bits per heavy atom. The van der Waals surface area contributed by atoms with Crippen molar-refractivity contribution in [2.75, 3.05) is 6.56 Å². The van der Waals surface area contributed by atoms with Gasteiger partial charge in [-0.1, -0.05) is 48.5 Å². The Kier molecular flexibility index (Phi) is 4.11. The number of hydrogen-bond acceptors (Lipinski definition) is 3. The van der Waals surface area contributed by atoms with Crippen molar-refractivity contribution in [3.05, 3.63) is 77.4 Å². The van der Waals surface area contributed by atoms with Gasteiger partial charge in [0.25, 0.3) is 5.91 Å². The van der Waals surface area contributed by atoms with E-state index in [1.54, 1.807) is 18.2 Å². The molecule has 1 atom stereocenters. The quantitative estimate of drug-likeness (QED) is 0.758. The van der Waals surface area contributed by atoms with Crippen LogP contribution >= 0.6 is 0 Å². The van der Waals surface area contributed by atoms with Crippen LogP contribution in [0, 0.1) is 0 Å². The number of rotatable bonds is 3. The SMILES string of the molecule is [2H]C1([2H])OC(=O)N(C(=O)/C=C/c2ccccc2C(F)(F)F)C1c1ccccc1. The Labute approximate surface area is 150 Å². The lowest BCUT2D eigenvalue weighted by atomic mass is 10.1. The summed E-state index contributed by atoms with van der Waals surface area (Å²) in [6.07, 6.45) is -4.09. The average molecular weight is 363 g/mol. The molecule has 1 aliphatic rings. The first kappa shape index (κ1) is 15.2. The predicted octanol–water partition coefficient (Wildman–Crippen LogP) is 4.44. The van der Waals surface area contributed by atoms with Gasteiger partial charge < -0.3 is 4.74 Å². The molecule has 0 N–H and O–H groups in total. The van der Waals surface area contributed by atoms with Gasteiger partial charge in [0.2, 0.25) is 0 Å². The fourth-order valence-corrected chi connectivity index (χ4v) is 2.53. The van der Waals surface area contributed by atoms with Gasteiger partial charge in [0.15, 0.2) is 0 Å². The first-order valence-corrected chi connectivity index (χ1v) is 7.56. The monoisotopic (exact) mass is 363 g/mol. The summed E-state index contributed by atoms with van der Waals surface area (Å²) in [5.74, 6) is -0.989. The van der Waals surface area contributed by atoms with Crippen molar-refractivity contribution in [3.8, 4) is 0 Å². The van der Waals surface area contributed by atoms with Gasteiger partial charge >= 0.3 is 12.3 Å². The van der Waals surface area contributed by atoms with E-state index < -0.39 is 36.3 Å². The lowest BCUT2D eigenvalue weighted by Gasteiger charge is -2.18. The molecule has 3 rings (SSSR count). The summed E-state index contributed by atoms with van der Waals surface area (Å²) in [5, 5.41) is 0. The molecule has 134 valence electrons. The molecule has 7 heteroatoms. The predicted molar refractivity (Wildman–Crippen MR) is 87.9 cm³/mol. The minimum absolute atomic E-state index is 0.254. The molecule has 26 heavy (non-hydrogen) atoms. The number of benzene rings is 2. The molecule has 2 aromatic rings. The van der Waals surface area contributed by atoms with E-state index in [1.165, 1.54) is 30.3 Å². The summed E-state index contributed by atoms with van der Waals surface area (Å²) in [6, 6.07) is 11.2. The van der Waals surface area contributed by atoms with E-state index in [4.69, 9.17) is 2.74 Å². The average Bonchev–Trinajstić information content (AvgIpc) is 2.88. The molecule has 0 bridgehead atoms. The van der Waals surface area contributed by atoms with Crippen LogP contribution in [0.1, 0.15) is 25.5 Å². The van der Waals surface area contributed by atoms with E-state index in [0.29, 0.717) is 10.5 Å². The Hall–Kier alpha value is -3.09. The number of cyclic esters (lactones) is 1. The van der Waals surface area contributed by atoms with Gasteiger partial charge in [0.1, 0.15) is 12.6 Å². The molecule has 0 saturated carbocycles. The van der Waals surface area contributed by atoms with Gasteiger partial charge in [0.05, 0.1) is 8.30 Å². The molecular weight excluding hydrogens is 347 g/mol. The summed E-state index contributed by atoms with van der Waals surface area (Å²) in [5.41, 5.74) is -0.871. The van der Waals surface area contributed by atoms with Gasteiger partial charge in [-0.2, -0.15) is 13.2 Å². The summed E-state index contributed by atoms with van der Waals surface area (Å²) in [4.78, 5) is 25.2. The van der Waals surface area contributed by atoms with Gasteiger partial charge in [-0.3, -0.25) is 4.79 Å². The molecule has 4 nitrogen and oxygen atoms in total. The molecule has 0 radical (unpaired) electrons. The summed E-state index contributed by atoms with van der Waals surface area (Å²) in [7, 11) is 0. The molecule has 1 fully saturated rings. The minimum Gasteiger partial charge on any atom is -0.446 e. The third-order valence-corrected chi connectivity index (χ3v) is 3.74. The maximum atomic E-state index is 13.1. The van der Waals surface area contributed by atoms with Gasteiger partial charge in [-0.25, -0.2) is 9.69 Å². The number of halogens is 3. The van der Waals surface area contributed by atoms with E-state index in [2.05, 4.69) is 4.74 Å². The maximum absolute atomic E-state index is 13.1. The Morgan fingerprint density at radius 3 is 2.50 bits per heavy atom. The smallest absolute Gasteiger partial charge is 0.417 e. The lowest BCUT2D eigenvalue weighted by molar-refractivity contribution is -0.137. The van der Waals surface area contributed by atoms with E-state index >= 15 is 0 Å². The summed E-state index contributed by atoms with van der Waals surface area (Å²) in [6.45, 7) is -2.48. The topological polar surface area (TPSA) is 46.6 Å². The molecule has 0 aromatic heterocycles. The number of hydrogen-bond donors (Lipinski definition) is 0. The van der Waals surface area contributed by atoms with E-state index in [9.17, 15) is 22.8 Å². The summed E-state index contributed by atoms with van der Waals surface area (Å²) >= 11 is 0. The number of imide groups is 1. The third kappa shape index (κ3) is 3.61. The van der Waals surface area contributed by atoms with E-state index in [-0.39, 0.29) is 5.56 Å². The van der Waals surface area contributed by atoms with Crippen LogP contribution in [0.3, 0.4) is 0 Å². The number of carbonyl (C=O) groups is 2. The second-order valence-corrected chi connectivity index (χ2v) is 5.43. The van der Waals surface area contributed by atoms with Crippen molar-refractivity contribution in [2.45, 2.75) is 12.2 Å². The first-order valence-electron chi connectivity index (χ1n) is 8.56.